The van der Waals surface area contributed by atoms with Gasteiger partial charge in [0, 0.05) is 0 Å². The van der Waals surface area contributed by atoms with Crippen molar-refractivity contribution < 1.29 is 17.2 Å². The largest absolute Gasteiger partial charge is 2.00 e. The first-order chi connectivity index (χ1) is 4.61. The Morgan fingerprint density at radius 1 is 1.18 bits per heavy atom. The van der Waals surface area contributed by atoms with E-state index < -0.39 is 7.60 Å². The van der Waals surface area contributed by atoms with E-state index in [1.165, 1.54) is 12.1 Å². The van der Waals surface area contributed by atoms with E-state index in [2.05, 4.69) is 0 Å². The van der Waals surface area contributed by atoms with E-state index in [9.17, 15) is 4.57 Å². The average molecular weight is 248 g/mol. The molecule has 0 aromatic heterocycles. The summed E-state index contributed by atoms with van der Waals surface area (Å²) in [5.41, 5.74) is 0. The van der Waals surface area contributed by atoms with Gasteiger partial charge in [-0.2, -0.15) is 0 Å². The van der Waals surface area contributed by atoms with E-state index >= 15 is 0 Å². The maximum atomic E-state index is 10.5. The van der Waals surface area contributed by atoms with Crippen molar-refractivity contribution in [3.63, 3.8) is 0 Å². The molecule has 58 valence electrons. The minimum absolute atomic E-state index is 0. The Bertz CT molecular complexity index is 264. The van der Waals surface area contributed by atoms with Gasteiger partial charge in [-0.1, -0.05) is 18.2 Å². The molecule has 11 heavy (non-hydrogen) atoms. The van der Waals surface area contributed by atoms with Crippen molar-refractivity contribution >= 4 is 58.4 Å². The molecule has 0 radical (unpaired) electrons. The van der Waals surface area contributed by atoms with Crippen molar-refractivity contribution in [1.82, 2.24) is 0 Å². The molecule has 1 aromatic carbocycles. The molecule has 0 atom stereocenters. The van der Waals surface area contributed by atoms with Gasteiger partial charge in [0.2, 0.25) is 0 Å². The molecule has 1 aromatic rings. The monoisotopic (exact) mass is 248 g/mol. The Hall–Kier alpha value is 0.851. The Labute approximate surface area is 105 Å². The SMILES string of the molecule is O=P(O)(O)c1ccccc1.[H-].[H-].[Sr+2]. The molecule has 0 aliphatic rings. The van der Waals surface area contributed by atoms with E-state index in [1.54, 1.807) is 18.2 Å². The molecule has 0 amide bonds. The second-order valence-corrected chi connectivity index (χ2v) is 3.48. The van der Waals surface area contributed by atoms with Crippen LogP contribution in [0.1, 0.15) is 2.85 Å². The van der Waals surface area contributed by atoms with Gasteiger partial charge >= 0.3 is 53.1 Å². The molecule has 5 heteroatoms. The van der Waals surface area contributed by atoms with Gasteiger partial charge in [-0.05, 0) is 12.1 Å². The first kappa shape index (κ1) is 11.9. The van der Waals surface area contributed by atoms with Gasteiger partial charge in [0.1, 0.15) is 0 Å². The molecule has 0 unspecified atom stereocenters. The van der Waals surface area contributed by atoms with Gasteiger partial charge in [0.15, 0.2) is 0 Å². The zero-order valence-corrected chi connectivity index (χ0v) is 10.2. The fourth-order valence-electron chi connectivity index (χ4n) is 0.622. The third-order valence-electron chi connectivity index (χ3n) is 1.09. The normalized spacial score (nSPS) is 10.4. The summed E-state index contributed by atoms with van der Waals surface area (Å²) >= 11 is 0. The second kappa shape index (κ2) is 4.77. The average Bonchev–Trinajstić information content (AvgIpc) is 1.88. The first-order valence-corrected chi connectivity index (χ1v) is 4.33. The van der Waals surface area contributed by atoms with Gasteiger partial charge < -0.3 is 12.6 Å². The van der Waals surface area contributed by atoms with Crippen LogP contribution in [0.5, 0.6) is 0 Å². The Morgan fingerprint density at radius 2 is 1.64 bits per heavy atom. The van der Waals surface area contributed by atoms with E-state index in [0.717, 1.165) is 0 Å². The van der Waals surface area contributed by atoms with Crippen LogP contribution in [-0.4, -0.2) is 55.3 Å². The topological polar surface area (TPSA) is 57.5 Å². The number of benzene rings is 1. The summed E-state index contributed by atoms with van der Waals surface area (Å²) in [5, 5.41) is 0.0648. The van der Waals surface area contributed by atoms with Crippen molar-refractivity contribution in [3.8, 4) is 0 Å². The van der Waals surface area contributed by atoms with Crippen molar-refractivity contribution in [2.75, 3.05) is 0 Å². The Morgan fingerprint density at radius 3 is 1.91 bits per heavy atom. The summed E-state index contributed by atoms with van der Waals surface area (Å²) in [6.07, 6.45) is 0. The third kappa shape index (κ3) is 3.85. The summed E-state index contributed by atoms with van der Waals surface area (Å²) in [6.45, 7) is 0. The molecular weight excluding hydrogens is 239 g/mol. The zero-order valence-electron chi connectivity index (χ0n) is 7.84. The predicted molar refractivity (Wildman–Crippen MR) is 46.1 cm³/mol. The number of hydrogen-bond donors (Lipinski definition) is 2. The van der Waals surface area contributed by atoms with Crippen molar-refractivity contribution in [1.29, 1.82) is 0 Å². The number of hydrogen-bond acceptors (Lipinski definition) is 1. The standard InChI is InChI=1S/C6H7O3P.Sr.2H/c7-10(8,9)6-4-2-1-3-5-6;;;/h1-5H,(H2,7,8,9);;;/q;+2;2*-1. The van der Waals surface area contributed by atoms with Gasteiger partial charge in [0.25, 0.3) is 0 Å². The molecule has 3 nitrogen and oxygen atoms in total. The van der Waals surface area contributed by atoms with E-state index in [4.69, 9.17) is 9.79 Å². The van der Waals surface area contributed by atoms with Crippen molar-refractivity contribution in [2.45, 2.75) is 0 Å². The van der Waals surface area contributed by atoms with Gasteiger partial charge in [-0.25, -0.2) is 0 Å². The molecule has 0 bridgehead atoms. The van der Waals surface area contributed by atoms with E-state index in [-0.39, 0.29) is 53.6 Å². The van der Waals surface area contributed by atoms with Crippen LogP contribution in [0, 0.1) is 0 Å². The fraction of sp³-hybridized carbons (Fsp3) is 0. The van der Waals surface area contributed by atoms with Gasteiger partial charge in [0.05, 0.1) is 5.30 Å². The maximum absolute atomic E-state index is 10.5. The maximum Gasteiger partial charge on any atom is 2.00 e. The van der Waals surface area contributed by atoms with Crippen LogP contribution >= 0.6 is 7.60 Å². The minimum Gasteiger partial charge on any atom is -1.00 e. The summed E-state index contributed by atoms with van der Waals surface area (Å²) < 4.78 is 10.5. The fourth-order valence-corrected chi connectivity index (χ4v) is 1.18. The van der Waals surface area contributed by atoms with Crippen LogP contribution in [0.2, 0.25) is 0 Å². The van der Waals surface area contributed by atoms with Crippen LogP contribution in [0.25, 0.3) is 0 Å². The van der Waals surface area contributed by atoms with Crippen LogP contribution in [0.4, 0.5) is 0 Å². The second-order valence-electron chi connectivity index (χ2n) is 1.88. The quantitative estimate of drug-likeness (QED) is 0.556. The van der Waals surface area contributed by atoms with Crippen LogP contribution < -0.4 is 5.30 Å². The minimum atomic E-state index is -4.02. The molecular formula is C6H9O3PSr. The third-order valence-corrected chi connectivity index (χ3v) is 2.06. The molecule has 0 aliphatic heterocycles. The zero-order chi connectivity index (χ0) is 7.61. The summed E-state index contributed by atoms with van der Waals surface area (Å²) in [7, 11) is -4.02. The Kier molecular flexibility index (Phi) is 5.14. The van der Waals surface area contributed by atoms with Gasteiger partial charge in [-0.3, -0.25) is 4.57 Å². The molecule has 0 saturated carbocycles. The smallest absolute Gasteiger partial charge is 1.00 e. The summed E-state index contributed by atoms with van der Waals surface area (Å²) in [4.78, 5) is 17.2. The summed E-state index contributed by atoms with van der Waals surface area (Å²) in [6, 6.07) is 7.70. The molecule has 0 aliphatic carbocycles. The molecule has 0 spiro atoms. The van der Waals surface area contributed by atoms with E-state index in [1.807, 2.05) is 0 Å². The van der Waals surface area contributed by atoms with Crippen molar-refractivity contribution in [2.24, 2.45) is 0 Å². The number of rotatable bonds is 1. The van der Waals surface area contributed by atoms with Crippen LogP contribution in [0.15, 0.2) is 30.3 Å². The molecule has 0 saturated heterocycles. The van der Waals surface area contributed by atoms with Crippen LogP contribution in [0.3, 0.4) is 0 Å². The van der Waals surface area contributed by atoms with Gasteiger partial charge in [-0.15, -0.1) is 0 Å². The summed E-state index contributed by atoms with van der Waals surface area (Å²) in [5.74, 6) is 0. The molecule has 0 heterocycles. The van der Waals surface area contributed by atoms with E-state index in [0.29, 0.717) is 0 Å². The first-order valence-electron chi connectivity index (χ1n) is 2.72. The predicted octanol–water partition coefficient (Wildman–Crippen LogP) is 0.334. The molecule has 1 rings (SSSR count). The van der Waals surface area contributed by atoms with Crippen LogP contribution in [-0.2, 0) is 4.57 Å². The Balaban J connectivity index is -0.000000333. The molecule has 2 N–H and O–H groups in total. The van der Waals surface area contributed by atoms with Crippen molar-refractivity contribution in [3.05, 3.63) is 30.3 Å². The molecule has 0 fully saturated rings.